The van der Waals surface area contributed by atoms with Crippen molar-refractivity contribution in [1.82, 2.24) is 18.8 Å². The molecule has 25 heavy (non-hydrogen) atoms. The molecule has 0 bridgehead atoms. The van der Waals surface area contributed by atoms with Crippen molar-refractivity contribution in [2.75, 3.05) is 0 Å². The first kappa shape index (κ1) is 26.1. The second kappa shape index (κ2) is 10.6. The molecule has 152 valence electrons. The van der Waals surface area contributed by atoms with Crippen LogP contribution in [0.5, 0.6) is 0 Å². The molecule has 0 saturated carbocycles. The van der Waals surface area contributed by atoms with Crippen LogP contribution in [0.3, 0.4) is 0 Å². The molecule has 0 aromatic rings. The first-order valence-corrected chi connectivity index (χ1v) is 20.2. The molecular weight excluding hydrogens is 405 g/mol. The second-order valence-electron chi connectivity index (χ2n) is 10.4. The number of hydrogen-bond acceptors (Lipinski definition) is 4. The zero-order chi connectivity index (χ0) is 20.1. The van der Waals surface area contributed by atoms with E-state index in [1.165, 1.54) is 47.7 Å². The summed E-state index contributed by atoms with van der Waals surface area (Å²) in [6.07, 6.45) is 0. The van der Waals surface area contributed by atoms with Crippen molar-refractivity contribution in [3.63, 3.8) is 0 Å². The average Bonchev–Trinajstić information content (AvgIpc) is 2.39. The van der Waals surface area contributed by atoms with Crippen molar-refractivity contribution in [1.29, 1.82) is 0 Å². The van der Waals surface area contributed by atoms with Crippen molar-refractivity contribution in [3.8, 4) is 0 Å². The first-order valence-electron chi connectivity index (χ1n) is 10.2. The summed E-state index contributed by atoms with van der Waals surface area (Å²) in [6, 6.07) is 0. The third-order valence-corrected chi connectivity index (χ3v) is 25.6. The Morgan fingerprint density at radius 1 is 0.560 bits per heavy atom. The van der Waals surface area contributed by atoms with Gasteiger partial charge in [0.05, 0.1) is 0 Å². The van der Waals surface area contributed by atoms with E-state index in [9.17, 15) is 0 Å². The van der Waals surface area contributed by atoms with E-state index in [4.69, 9.17) is 0 Å². The maximum atomic E-state index is 4.13. The Morgan fingerprint density at radius 3 is 0.880 bits per heavy atom. The third kappa shape index (κ3) is 11.6. The molecule has 0 amide bonds. The minimum Gasteiger partial charge on any atom is -0.340 e. The molecule has 0 spiro atoms. The molecular formula is C15H48N4Si6. The summed E-state index contributed by atoms with van der Waals surface area (Å²) in [4.78, 5) is 12.4. The topological polar surface area (TPSA) is 39.3 Å². The Hall–Kier alpha value is 1.14. The van der Waals surface area contributed by atoms with Crippen molar-refractivity contribution >= 4 is 58.1 Å². The van der Waals surface area contributed by atoms with Crippen molar-refractivity contribution in [3.05, 3.63) is 0 Å². The standard InChI is InChI=1S/C15H48N4Si6/c1-13(2,3)16-23(10-20)19(24(11-21)17-14(4,5)6)25(12-22)18-15(7,8)9/h16-18,23-25H,10-12H2,1-9,20-22H3. The third-order valence-electron chi connectivity index (χ3n) is 4.04. The van der Waals surface area contributed by atoms with Crippen molar-refractivity contribution < 1.29 is 0 Å². The smallest absolute Gasteiger partial charge is 0.172 e. The molecule has 0 aliphatic carbocycles. The normalized spacial score (nSPS) is 18.0. The largest absolute Gasteiger partial charge is 0.340 e. The first-order chi connectivity index (χ1) is 11.1. The van der Waals surface area contributed by atoms with Gasteiger partial charge in [0.2, 0.25) is 0 Å². The highest BCUT2D eigenvalue weighted by atomic mass is 28.4. The SMILES string of the molecule is CC(C)(C)N[SiH](C[SiH3])N([SiH](C[SiH3])NC(C)(C)C)[SiH](C[SiH3])NC(C)(C)C. The van der Waals surface area contributed by atoms with Crippen LogP contribution in [0.4, 0.5) is 0 Å². The summed E-state index contributed by atoms with van der Waals surface area (Å²) in [6.45, 7) is 21.2. The van der Waals surface area contributed by atoms with Crippen LogP contribution in [-0.2, 0) is 0 Å². The average molecular weight is 453 g/mol. The monoisotopic (exact) mass is 452 g/mol. The van der Waals surface area contributed by atoms with Gasteiger partial charge in [0.25, 0.3) is 0 Å². The minimum atomic E-state index is -1.09. The van der Waals surface area contributed by atoms with E-state index >= 15 is 0 Å². The van der Waals surface area contributed by atoms with Gasteiger partial charge in [-0.1, -0.05) is 0 Å². The summed E-state index contributed by atoms with van der Waals surface area (Å²) < 4.78 is 3.16. The van der Waals surface area contributed by atoms with Crippen LogP contribution in [0.25, 0.3) is 0 Å². The maximum Gasteiger partial charge on any atom is 0.172 e. The van der Waals surface area contributed by atoms with Crippen LogP contribution in [0, 0.1) is 0 Å². The van der Waals surface area contributed by atoms with Gasteiger partial charge in [-0.3, -0.25) is 0 Å². The molecule has 0 rings (SSSR count). The number of rotatable bonds is 9. The fourth-order valence-corrected chi connectivity index (χ4v) is 32.2. The van der Waals surface area contributed by atoms with Crippen LogP contribution in [-0.4, -0.2) is 78.6 Å². The fourth-order valence-electron chi connectivity index (χ4n) is 3.31. The van der Waals surface area contributed by atoms with Crippen LogP contribution in [0.1, 0.15) is 62.3 Å². The summed E-state index contributed by atoms with van der Waals surface area (Å²) in [5.74, 6) is 0. The van der Waals surface area contributed by atoms with E-state index in [2.05, 4.69) is 81.2 Å². The van der Waals surface area contributed by atoms with Gasteiger partial charge in [0.15, 0.2) is 27.4 Å². The van der Waals surface area contributed by atoms with Gasteiger partial charge in [-0.2, -0.15) is 0 Å². The molecule has 3 atom stereocenters. The van der Waals surface area contributed by atoms with Gasteiger partial charge >= 0.3 is 0 Å². The Balaban J connectivity index is 5.80. The lowest BCUT2D eigenvalue weighted by molar-refractivity contribution is 0.484. The molecule has 0 aromatic carbocycles. The summed E-state index contributed by atoms with van der Waals surface area (Å²) in [5.41, 5.74) is 5.05. The van der Waals surface area contributed by atoms with E-state index < -0.39 is 27.4 Å². The van der Waals surface area contributed by atoms with Crippen LogP contribution < -0.4 is 14.9 Å². The molecule has 0 aliphatic heterocycles. The second-order valence-corrected chi connectivity index (χ2v) is 27.7. The van der Waals surface area contributed by atoms with Gasteiger partial charge in [0.1, 0.15) is 0 Å². The number of hydrogen-bond donors (Lipinski definition) is 3. The number of nitrogens with one attached hydrogen (secondary N) is 3. The zero-order valence-corrected chi connectivity index (χ0v) is 28.8. The molecule has 0 aromatic heterocycles. The molecule has 4 nitrogen and oxygen atoms in total. The Kier molecular flexibility index (Phi) is 11.1. The summed E-state index contributed by atoms with van der Waals surface area (Å²) >= 11 is 0. The fraction of sp³-hybridized carbons (Fsp3) is 1.00. The highest BCUT2D eigenvalue weighted by molar-refractivity contribution is 6.89. The predicted molar refractivity (Wildman–Crippen MR) is 136 cm³/mol. The summed E-state index contributed by atoms with van der Waals surface area (Å²) in [7, 11) is 0.654. The Morgan fingerprint density at radius 2 is 0.760 bits per heavy atom. The van der Waals surface area contributed by atoms with Gasteiger partial charge in [-0.25, -0.2) is 0 Å². The van der Waals surface area contributed by atoms with E-state index in [-0.39, 0.29) is 16.6 Å². The zero-order valence-electron chi connectivity index (χ0n) is 19.3. The molecule has 10 heteroatoms. The van der Waals surface area contributed by atoms with Crippen LogP contribution in [0.2, 0.25) is 17.0 Å². The van der Waals surface area contributed by atoms with Crippen molar-refractivity contribution in [2.24, 2.45) is 0 Å². The molecule has 3 N–H and O–H groups in total. The van der Waals surface area contributed by atoms with Crippen molar-refractivity contribution in [2.45, 2.75) is 95.9 Å². The Bertz CT molecular complexity index is 321. The maximum absolute atomic E-state index is 4.13. The Labute approximate surface area is 172 Å². The molecule has 0 aliphatic rings. The highest BCUT2D eigenvalue weighted by Gasteiger charge is 2.37. The lowest BCUT2D eigenvalue weighted by Gasteiger charge is -2.47. The molecule has 0 radical (unpaired) electrons. The molecule has 0 heterocycles. The quantitative estimate of drug-likeness (QED) is 0.357. The van der Waals surface area contributed by atoms with Gasteiger partial charge in [-0.15, -0.1) is 0 Å². The highest BCUT2D eigenvalue weighted by Crippen LogP contribution is 2.14. The number of nitrogens with zero attached hydrogens (tertiary/aromatic N) is 1. The molecule has 3 unspecified atom stereocenters. The van der Waals surface area contributed by atoms with E-state index in [1.54, 1.807) is 0 Å². The van der Waals surface area contributed by atoms with Gasteiger partial charge in [0, 0.05) is 47.3 Å². The van der Waals surface area contributed by atoms with Gasteiger partial charge < -0.3 is 18.8 Å². The van der Waals surface area contributed by atoms with Crippen LogP contribution >= 0.6 is 0 Å². The van der Waals surface area contributed by atoms with E-state index in [0.29, 0.717) is 0 Å². The summed E-state index contributed by atoms with van der Waals surface area (Å²) in [5, 5.41) is 0. The predicted octanol–water partition coefficient (Wildman–Crippen LogP) is -1.92. The molecule has 0 fully saturated rings. The van der Waals surface area contributed by atoms with Crippen LogP contribution in [0.15, 0.2) is 0 Å². The lowest BCUT2D eigenvalue weighted by Crippen LogP contribution is -2.74. The molecule has 0 saturated heterocycles. The van der Waals surface area contributed by atoms with E-state index in [0.717, 1.165) is 0 Å². The lowest BCUT2D eigenvalue weighted by atomic mass is 10.1. The van der Waals surface area contributed by atoms with E-state index in [1.807, 2.05) is 0 Å². The minimum absolute atomic E-state index is 0.233. The van der Waals surface area contributed by atoms with Gasteiger partial charge in [-0.05, 0) is 79.3 Å².